The predicted molar refractivity (Wildman–Crippen MR) is 63.0 cm³/mol. The van der Waals surface area contributed by atoms with Gasteiger partial charge in [-0.2, -0.15) is 5.26 Å². The maximum atomic E-state index is 10.8. The van der Waals surface area contributed by atoms with E-state index in [9.17, 15) is 14.3 Å². The van der Waals surface area contributed by atoms with Gasteiger partial charge < -0.3 is 5.32 Å². The highest BCUT2D eigenvalue weighted by Gasteiger charge is 2.20. The fourth-order valence-electron chi connectivity index (χ4n) is 1.17. The molecule has 7 nitrogen and oxygen atoms in total. The Balaban J connectivity index is 2.95. The maximum absolute atomic E-state index is 10.8. The first-order valence-electron chi connectivity index (χ1n) is 4.63. The van der Waals surface area contributed by atoms with Gasteiger partial charge >= 0.3 is 5.69 Å². The Morgan fingerprint density at radius 3 is 2.94 bits per heavy atom. The minimum atomic E-state index is -0.989. The van der Waals surface area contributed by atoms with Gasteiger partial charge in [-0.1, -0.05) is 0 Å². The lowest BCUT2D eigenvalue weighted by Gasteiger charge is -2.05. The number of aromatic nitrogens is 1. The fraction of sp³-hybridized carbons (Fsp3) is 0.333. The standard InChI is InChI=1S/C9H10N4O3S/c1-17(16)5-4-12-9-8(13(14)15)7(6-10)2-3-11-9/h2-3H,4-5H2,1H3,(H,11,12). The average Bonchev–Trinajstić information content (AvgIpc) is 2.27. The van der Waals surface area contributed by atoms with E-state index in [0.717, 1.165) is 0 Å². The normalized spacial score (nSPS) is 11.5. The van der Waals surface area contributed by atoms with E-state index >= 15 is 0 Å². The van der Waals surface area contributed by atoms with Crippen molar-refractivity contribution in [3.05, 3.63) is 27.9 Å². The molecule has 1 atom stereocenters. The minimum Gasteiger partial charge on any atom is -0.363 e. The van der Waals surface area contributed by atoms with Gasteiger partial charge in [0.1, 0.15) is 11.6 Å². The first-order chi connectivity index (χ1) is 8.06. The van der Waals surface area contributed by atoms with Gasteiger partial charge in [-0.3, -0.25) is 14.3 Å². The Hall–Kier alpha value is -2.01. The van der Waals surface area contributed by atoms with Crippen molar-refractivity contribution < 1.29 is 9.13 Å². The van der Waals surface area contributed by atoms with Crippen LogP contribution in [0.2, 0.25) is 0 Å². The van der Waals surface area contributed by atoms with Crippen LogP contribution in [0.25, 0.3) is 0 Å². The molecule has 0 aliphatic heterocycles. The summed E-state index contributed by atoms with van der Waals surface area (Å²) in [4.78, 5) is 14.0. The van der Waals surface area contributed by atoms with Crippen molar-refractivity contribution in [1.82, 2.24) is 4.98 Å². The third-order valence-corrected chi connectivity index (χ3v) is 2.69. The molecule has 90 valence electrons. The lowest BCUT2D eigenvalue weighted by atomic mass is 10.2. The van der Waals surface area contributed by atoms with Gasteiger partial charge in [-0.25, -0.2) is 4.98 Å². The van der Waals surface area contributed by atoms with Crippen LogP contribution >= 0.6 is 0 Å². The van der Waals surface area contributed by atoms with Crippen LogP contribution in [0.1, 0.15) is 5.56 Å². The molecule has 8 heteroatoms. The summed E-state index contributed by atoms with van der Waals surface area (Å²) < 4.78 is 10.8. The van der Waals surface area contributed by atoms with Crippen LogP contribution in [0.15, 0.2) is 12.3 Å². The van der Waals surface area contributed by atoms with Gasteiger partial charge in [0, 0.05) is 35.5 Å². The molecule has 0 amide bonds. The number of nitrogens with zero attached hydrogens (tertiary/aromatic N) is 3. The lowest BCUT2D eigenvalue weighted by Crippen LogP contribution is -2.12. The van der Waals surface area contributed by atoms with Crippen LogP contribution in [0, 0.1) is 21.4 Å². The van der Waals surface area contributed by atoms with Crippen LogP contribution in [0.5, 0.6) is 0 Å². The second-order valence-electron chi connectivity index (χ2n) is 3.13. The summed E-state index contributed by atoms with van der Waals surface area (Å²) in [5.74, 6) is 0.384. The molecule has 1 rings (SSSR count). The highest BCUT2D eigenvalue weighted by molar-refractivity contribution is 7.84. The zero-order chi connectivity index (χ0) is 12.8. The molecule has 0 aliphatic carbocycles. The summed E-state index contributed by atoms with van der Waals surface area (Å²) in [6.07, 6.45) is 2.85. The third-order valence-electron chi connectivity index (χ3n) is 1.91. The number of nitrogens with one attached hydrogen (secondary N) is 1. The Kier molecular flexibility index (Phi) is 4.54. The van der Waals surface area contributed by atoms with E-state index < -0.39 is 15.7 Å². The van der Waals surface area contributed by atoms with Crippen molar-refractivity contribution in [2.24, 2.45) is 0 Å². The molecule has 1 heterocycles. The Bertz CT molecular complexity index is 498. The van der Waals surface area contributed by atoms with E-state index in [-0.39, 0.29) is 17.1 Å². The lowest BCUT2D eigenvalue weighted by molar-refractivity contribution is -0.384. The molecule has 0 radical (unpaired) electrons. The van der Waals surface area contributed by atoms with E-state index in [1.54, 1.807) is 6.07 Å². The summed E-state index contributed by atoms with van der Waals surface area (Å²) >= 11 is 0. The van der Waals surface area contributed by atoms with E-state index in [2.05, 4.69) is 10.3 Å². The van der Waals surface area contributed by atoms with Crippen molar-refractivity contribution >= 4 is 22.3 Å². The number of anilines is 1. The van der Waals surface area contributed by atoms with Gasteiger partial charge in [-0.15, -0.1) is 0 Å². The predicted octanol–water partition coefficient (Wildman–Crippen LogP) is 0.652. The third kappa shape index (κ3) is 3.49. The van der Waals surface area contributed by atoms with Crippen molar-refractivity contribution in [2.45, 2.75) is 0 Å². The second-order valence-corrected chi connectivity index (χ2v) is 4.68. The molecular formula is C9H10N4O3S. The van der Waals surface area contributed by atoms with Crippen LogP contribution in [0.4, 0.5) is 11.5 Å². The highest BCUT2D eigenvalue weighted by Crippen LogP contribution is 2.25. The van der Waals surface area contributed by atoms with E-state index in [4.69, 9.17) is 5.26 Å². The monoisotopic (exact) mass is 254 g/mol. The molecule has 17 heavy (non-hydrogen) atoms. The summed E-state index contributed by atoms with van der Waals surface area (Å²) in [7, 11) is -0.989. The van der Waals surface area contributed by atoms with Crippen molar-refractivity contribution in [1.29, 1.82) is 5.26 Å². The van der Waals surface area contributed by atoms with Crippen LogP contribution in [-0.4, -0.2) is 32.7 Å². The van der Waals surface area contributed by atoms with Gasteiger partial charge in [0.15, 0.2) is 0 Å². The van der Waals surface area contributed by atoms with Crippen molar-refractivity contribution in [3.8, 4) is 6.07 Å². The van der Waals surface area contributed by atoms with Gasteiger partial charge in [0.05, 0.1) is 4.92 Å². The summed E-state index contributed by atoms with van der Waals surface area (Å²) in [6, 6.07) is 3.01. The average molecular weight is 254 g/mol. The summed E-state index contributed by atoms with van der Waals surface area (Å²) in [6.45, 7) is 0.297. The molecule has 0 bridgehead atoms. The van der Waals surface area contributed by atoms with Crippen LogP contribution < -0.4 is 5.32 Å². The molecule has 0 spiro atoms. The zero-order valence-electron chi connectivity index (χ0n) is 9.04. The second kappa shape index (κ2) is 5.91. The molecule has 0 saturated heterocycles. The number of nitriles is 1. The van der Waals surface area contributed by atoms with Crippen molar-refractivity contribution in [2.75, 3.05) is 23.9 Å². The number of hydrogen-bond acceptors (Lipinski definition) is 6. The van der Waals surface area contributed by atoms with E-state index in [1.165, 1.54) is 18.5 Å². The zero-order valence-corrected chi connectivity index (χ0v) is 9.86. The molecule has 0 aromatic carbocycles. The molecule has 1 aromatic heterocycles. The number of pyridine rings is 1. The largest absolute Gasteiger partial charge is 0.363 e. The highest BCUT2D eigenvalue weighted by atomic mass is 32.2. The van der Waals surface area contributed by atoms with Crippen molar-refractivity contribution in [3.63, 3.8) is 0 Å². The minimum absolute atomic E-state index is 0.0273. The molecular weight excluding hydrogens is 244 g/mol. The first-order valence-corrected chi connectivity index (χ1v) is 6.36. The summed E-state index contributed by atoms with van der Waals surface area (Å²) in [5, 5.41) is 22.3. The first kappa shape index (κ1) is 13.1. The van der Waals surface area contributed by atoms with E-state index in [0.29, 0.717) is 12.3 Å². The van der Waals surface area contributed by atoms with E-state index in [1.807, 2.05) is 0 Å². The Morgan fingerprint density at radius 2 is 2.41 bits per heavy atom. The Morgan fingerprint density at radius 1 is 1.71 bits per heavy atom. The topological polar surface area (TPSA) is 109 Å². The van der Waals surface area contributed by atoms with Gasteiger partial charge in [0.2, 0.25) is 5.82 Å². The van der Waals surface area contributed by atoms with Gasteiger partial charge in [0.25, 0.3) is 0 Å². The molecule has 0 fully saturated rings. The molecule has 0 saturated carbocycles. The molecule has 1 unspecified atom stereocenters. The van der Waals surface area contributed by atoms with Crippen LogP contribution in [0.3, 0.4) is 0 Å². The Labute approximate surface area is 100 Å². The maximum Gasteiger partial charge on any atom is 0.328 e. The fourth-order valence-corrected chi connectivity index (χ4v) is 1.56. The quantitative estimate of drug-likeness (QED) is 0.610. The molecule has 1 aromatic rings. The molecule has 0 aliphatic rings. The van der Waals surface area contributed by atoms with Gasteiger partial charge in [-0.05, 0) is 6.07 Å². The summed E-state index contributed by atoms with van der Waals surface area (Å²) in [5.41, 5.74) is -0.401. The molecule has 1 N–H and O–H groups in total. The SMILES string of the molecule is CS(=O)CCNc1nccc(C#N)c1[N+](=O)[O-]. The van der Waals surface area contributed by atoms with Crippen LogP contribution in [-0.2, 0) is 10.8 Å². The number of hydrogen-bond donors (Lipinski definition) is 1. The number of rotatable bonds is 5. The smallest absolute Gasteiger partial charge is 0.328 e. The number of nitro groups is 1.